The Labute approximate surface area is 166 Å². The van der Waals surface area contributed by atoms with Crippen LogP contribution in [-0.2, 0) is 10.0 Å². The van der Waals surface area contributed by atoms with E-state index in [1.54, 1.807) is 12.3 Å². The van der Waals surface area contributed by atoms with Crippen LogP contribution in [0.4, 0.5) is 30.6 Å². The van der Waals surface area contributed by atoms with Gasteiger partial charge in [-0.05, 0) is 24.6 Å². The minimum absolute atomic E-state index is 0.104. The van der Waals surface area contributed by atoms with Crippen molar-refractivity contribution >= 4 is 27.5 Å². The summed E-state index contributed by atoms with van der Waals surface area (Å²) in [5, 5.41) is 3.09. The van der Waals surface area contributed by atoms with E-state index < -0.39 is 28.4 Å². The highest BCUT2D eigenvalue weighted by atomic mass is 32.2. The van der Waals surface area contributed by atoms with Crippen LogP contribution in [-0.4, -0.2) is 65.8 Å². The lowest BCUT2D eigenvalue weighted by molar-refractivity contribution is -0.130. The number of hydrogen-bond acceptors (Lipinski definition) is 7. The number of anilines is 3. The predicted molar refractivity (Wildman–Crippen MR) is 103 cm³/mol. The molecule has 1 aliphatic heterocycles. The van der Waals surface area contributed by atoms with Gasteiger partial charge in [0.2, 0.25) is 10.0 Å². The number of nitrogens with zero attached hydrogens (tertiary/aromatic N) is 5. The summed E-state index contributed by atoms with van der Waals surface area (Å²) in [5.41, 5.74) is 1.04. The topological polar surface area (TPSA) is 91.3 Å². The Hall–Kier alpha value is -2.47. The van der Waals surface area contributed by atoms with Crippen LogP contribution in [0, 0.1) is 6.92 Å². The van der Waals surface area contributed by atoms with E-state index in [0.717, 1.165) is 9.87 Å². The van der Waals surface area contributed by atoms with Gasteiger partial charge in [-0.3, -0.25) is 0 Å². The monoisotopic (exact) mass is 430 g/mol. The largest absolute Gasteiger partial charge is 0.390 e. The van der Waals surface area contributed by atoms with Crippen molar-refractivity contribution in [2.75, 3.05) is 42.1 Å². The molecule has 0 aliphatic carbocycles. The average molecular weight is 430 g/mol. The van der Waals surface area contributed by atoms with Gasteiger partial charge in [-0.25, -0.2) is 23.4 Å². The van der Waals surface area contributed by atoms with Crippen LogP contribution in [0.3, 0.4) is 0 Å². The summed E-state index contributed by atoms with van der Waals surface area (Å²) >= 11 is 0. The number of pyridine rings is 1. The number of rotatable bonds is 6. The molecule has 3 heterocycles. The fourth-order valence-electron chi connectivity index (χ4n) is 2.89. The third-order valence-electron chi connectivity index (χ3n) is 4.42. The van der Waals surface area contributed by atoms with Crippen LogP contribution in [0.2, 0.25) is 0 Å². The second-order valence-corrected chi connectivity index (χ2v) is 8.76. The van der Waals surface area contributed by atoms with E-state index in [1.807, 2.05) is 24.0 Å². The summed E-state index contributed by atoms with van der Waals surface area (Å²) in [4.78, 5) is 14.5. The highest BCUT2D eigenvalue weighted by Gasteiger charge is 2.33. The van der Waals surface area contributed by atoms with E-state index >= 15 is 0 Å². The van der Waals surface area contributed by atoms with Gasteiger partial charge in [-0.2, -0.15) is 17.5 Å². The molecule has 0 spiro atoms. The van der Waals surface area contributed by atoms with Gasteiger partial charge in [0.15, 0.2) is 0 Å². The van der Waals surface area contributed by atoms with Crippen LogP contribution in [0.15, 0.2) is 30.7 Å². The SMILES string of the molecule is Cc1ccnc(Nc2cc(N3CCN(S(=O)(=O)CCC(F)(F)F)CC3)ncn2)c1. The number of nitrogens with one attached hydrogen (secondary N) is 1. The van der Waals surface area contributed by atoms with Gasteiger partial charge in [-0.1, -0.05) is 0 Å². The molecule has 0 saturated carbocycles. The van der Waals surface area contributed by atoms with Gasteiger partial charge in [0.05, 0.1) is 12.2 Å². The average Bonchev–Trinajstić information content (AvgIpc) is 2.66. The summed E-state index contributed by atoms with van der Waals surface area (Å²) < 4.78 is 62.4. The van der Waals surface area contributed by atoms with Crippen LogP contribution < -0.4 is 10.2 Å². The van der Waals surface area contributed by atoms with Crippen LogP contribution in [0.25, 0.3) is 0 Å². The van der Waals surface area contributed by atoms with Gasteiger partial charge in [0, 0.05) is 38.4 Å². The molecule has 1 fully saturated rings. The molecule has 1 aliphatic rings. The molecular weight excluding hydrogens is 409 g/mol. The zero-order valence-corrected chi connectivity index (χ0v) is 16.5. The fourth-order valence-corrected chi connectivity index (χ4v) is 4.36. The third kappa shape index (κ3) is 6.00. The van der Waals surface area contributed by atoms with Crippen molar-refractivity contribution in [1.82, 2.24) is 19.3 Å². The van der Waals surface area contributed by atoms with Crippen molar-refractivity contribution < 1.29 is 21.6 Å². The van der Waals surface area contributed by atoms with Gasteiger partial charge in [-0.15, -0.1) is 0 Å². The van der Waals surface area contributed by atoms with E-state index in [-0.39, 0.29) is 13.1 Å². The van der Waals surface area contributed by atoms with E-state index in [0.29, 0.717) is 30.5 Å². The molecule has 0 unspecified atom stereocenters. The summed E-state index contributed by atoms with van der Waals surface area (Å²) in [6.45, 7) is 2.80. The quantitative estimate of drug-likeness (QED) is 0.752. The molecule has 1 saturated heterocycles. The molecular formula is C17H21F3N6O2S. The molecule has 2 aromatic heterocycles. The first-order chi connectivity index (χ1) is 13.6. The minimum Gasteiger partial charge on any atom is -0.354 e. The van der Waals surface area contributed by atoms with Crippen molar-refractivity contribution in [2.24, 2.45) is 0 Å². The zero-order chi connectivity index (χ0) is 21.1. The maximum absolute atomic E-state index is 12.3. The van der Waals surface area contributed by atoms with Crippen molar-refractivity contribution in [3.63, 3.8) is 0 Å². The lowest BCUT2D eigenvalue weighted by Crippen LogP contribution is -2.49. The first-order valence-corrected chi connectivity index (χ1v) is 10.5. The number of halogens is 3. The maximum Gasteiger partial charge on any atom is 0.390 e. The summed E-state index contributed by atoms with van der Waals surface area (Å²) in [5.74, 6) is 0.840. The predicted octanol–water partition coefficient (Wildman–Crippen LogP) is 2.33. The Morgan fingerprint density at radius 3 is 2.41 bits per heavy atom. The second-order valence-electron chi connectivity index (χ2n) is 6.67. The maximum atomic E-state index is 12.3. The third-order valence-corrected chi connectivity index (χ3v) is 6.30. The van der Waals surface area contributed by atoms with Crippen LogP contribution >= 0.6 is 0 Å². The molecule has 8 nitrogen and oxygen atoms in total. The number of alkyl halides is 3. The molecule has 0 aromatic carbocycles. The zero-order valence-electron chi connectivity index (χ0n) is 15.7. The lowest BCUT2D eigenvalue weighted by Gasteiger charge is -2.34. The molecule has 0 radical (unpaired) electrons. The van der Waals surface area contributed by atoms with Crippen molar-refractivity contribution in [2.45, 2.75) is 19.5 Å². The Kier molecular flexibility index (Phi) is 6.22. The Bertz CT molecular complexity index is 946. The molecule has 0 atom stereocenters. The highest BCUT2D eigenvalue weighted by molar-refractivity contribution is 7.89. The molecule has 12 heteroatoms. The number of piperazine rings is 1. The Morgan fingerprint density at radius 2 is 1.76 bits per heavy atom. The van der Waals surface area contributed by atoms with E-state index in [2.05, 4.69) is 20.3 Å². The van der Waals surface area contributed by atoms with Gasteiger partial charge in [0.25, 0.3) is 0 Å². The molecule has 0 amide bonds. The first kappa shape index (κ1) is 21.2. The molecule has 158 valence electrons. The summed E-state index contributed by atoms with van der Waals surface area (Å²) in [6, 6.07) is 5.46. The first-order valence-electron chi connectivity index (χ1n) is 8.94. The number of hydrogen-bond donors (Lipinski definition) is 1. The molecule has 1 N–H and O–H groups in total. The lowest BCUT2D eigenvalue weighted by atomic mass is 10.3. The minimum atomic E-state index is -4.49. The Balaban J connectivity index is 1.61. The van der Waals surface area contributed by atoms with Gasteiger partial charge in [0.1, 0.15) is 23.8 Å². The highest BCUT2D eigenvalue weighted by Crippen LogP contribution is 2.23. The number of aryl methyl sites for hydroxylation is 1. The van der Waals surface area contributed by atoms with Crippen LogP contribution in [0.5, 0.6) is 0 Å². The smallest absolute Gasteiger partial charge is 0.354 e. The second kappa shape index (κ2) is 8.49. The van der Waals surface area contributed by atoms with Crippen molar-refractivity contribution in [3.05, 3.63) is 36.3 Å². The van der Waals surface area contributed by atoms with E-state index in [1.165, 1.54) is 6.33 Å². The standard InChI is InChI=1S/C17H21F3N6O2S/c1-13-2-4-21-14(10-13)24-15-11-16(23-12-22-15)25-5-7-26(8-6-25)29(27,28)9-3-17(18,19)20/h2,4,10-12H,3,5-9H2,1H3,(H,21,22,23,24). The Morgan fingerprint density at radius 1 is 1.07 bits per heavy atom. The number of sulfonamides is 1. The molecule has 29 heavy (non-hydrogen) atoms. The van der Waals surface area contributed by atoms with E-state index in [4.69, 9.17) is 0 Å². The normalized spacial score (nSPS) is 16.1. The molecule has 2 aromatic rings. The number of aromatic nitrogens is 3. The van der Waals surface area contributed by atoms with E-state index in [9.17, 15) is 21.6 Å². The van der Waals surface area contributed by atoms with Crippen molar-refractivity contribution in [3.8, 4) is 0 Å². The summed E-state index contributed by atoms with van der Waals surface area (Å²) in [7, 11) is -3.94. The van der Waals surface area contributed by atoms with Crippen molar-refractivity contribution in [1.29, 1.82) is 0 Å². The van der Waals surface area contributed by atoms with Gasteiger partial charge < -0.3 is 10.2 Å². The molecule has 3 rings (SSSR count). The van der Waals surface area contributed by atoms with Gasteiger partial charge >= 0.3 is 6.18 Å². The molecule has 0 bridgehead atoms. The fraction of sp³-hybridized carbons (Fsp3) is 0.471. The van der Waals surface area contributed by atoms with Crippen LogP contribution in [0.1, 0.15) is 12.0 Å². The summed E-state index contributed by atoms with van der Waals surface area (Å²) in [6.07, 6.45) is -2.77.